The van der Waals surface area contributed by atoms with Crippen molar-refractivity contribution in [1.82, 2.24) is 0 Å². The van der Waals surface area contributed by atoms with E-state index in [9.17, 15) is 27.7 Å². The van der Waals surface area contributed by atoms with Crippen molar-refractivity contribution in [3.63, 3.8) is 0 Å². The summed E-state index contributed by atoms with van der Waals surface area (Å²) >= 11 is 0. The number of nitro groups is 1. The zero-order valence-electron chi connectivity index (χ0n) is 7.71. The molecular formula is C8H6F4N2O2. The van der Waals surface area contributed by atoms with Gasteiger partial charge in [0.25, 0.3) is 12.1 Å². The van der Waals surface area contributed by atoms with E-state index in [0.29, 0.717) is 12.1 Å². The van der Waals surface area contributed by atoms with E-state index in [1.54, 1.807) is 5.32 Å². The Balaban J connectivity index is 3.11. The van der Waals surface area contributed by atoms with Gasteiger partial charge in [-0.1, -0.05) is 0 Å². The van der Waals surface area contributed by atoms with Crippen LogP contribution in [0.4, 0.5) is 28.9 Å². The van der Waals surface area contributed by atoms with Crippen molar-refractivity contribution in [3.8, 4) is 0 Å². The average molecular weight is 238 g/mol. The summed E-state index contributed by atoms with van der Waals surface area (Å²) < 4.78 is 49.5. The first kappa shape index (κ1) is 12.2. The number of hydrogen-bond donors (Lipinski definition) is 1. The minimum atomic E-state index is -2.83. The first-order chi connectivity index (χ1) is 7.43. The van der Waals surface area contributed by atoms with Gasteiger partial charge in [0.1, 0.15) is 0 Å². The fourth-order valence-corrected chi connectivity index (χ4v) is 1.04. The number of hydrogen-bond acceptors (Lipinski definition) is 3. The number of halogens is 4. The molecule has 0 amide bonds. The van der Waals surface area contributed by atoms with Crippen molar-refractivity contribution in [2.45, 2.75) is 6.43 Å². The van der Waals surface area contributed by atoms with E-state index in [0.717, 1.165) is 0 Å². The normalized spacial score (nSPS) is 10.6. The smallest absolute Gasteiger partial charge is 0.295 e. The largest absolute Gasteiger partial charge is 0.371 e. The summed E-state index contributed by atoms with van der Waals surface area (Å²) in [6.45, 7) is -0.999. The quantitative estimate of drug-likeness (QED) is 0.498. The zero-order chi connectivity index (χ0) is 12.3. The van der Waals surface area contributed by atoms with Crippen LogP contribution >= 0.6 is 0 Å². The fourth-order valence-electron chi connectivity index (χ4n) is 1.04. The van der Waals surface area contributed by atoms with Gasteiger partial charge >= 0.3 is 0 Å². The lowest BCUT2D eigenvalue weighted by atomic mass is 10.2. The van der Waals surface area contributed by atoms with Gasteiger partial charge in [-0.05, 0) is 6.07 Å². The van der Waals surface area contributed by atoms with Crippen LogP contribution in [0.15, 0.2) is 12.1 Å². The number of rotatable bonds is 4. The third-order valence-electron chi connectivity index (χ3n) is 1.70. The van der Waals surface area contributed by atoms with Crippen LogP contribution < -0.4 is 5.32 Å². The van der Waals surface area contributed by atoms with Crippen LogP contribution in [0.1, 0.15) is 0 Å². The molecule has 0 aromatic heterocycles. The van der Waals surface area contributed by atoms with Gasteiger partial charge < -0.3 is 5.32 Å². The highest BCUT2D eigenvalue weighted by molar-refractivity contribution is 5.62. The SMILES string of the molecule is O=[N+]([O-])c1ccc(F)c(F)c1NCC(F)F. The lowest BCUT2D eigenvalue weighted by Crippen LogP contribution is -2.13. The molecule has 0 fully saturated rings. The lowest BCUT2D eigenvalue weighted by Gasteiger charge is -2.07. The molecule has 0 radical (unpaired) electrons. The molecule has 1 aromatic carbocycles. The summed E-state index contributed by atoms with van der Waals surface area (Å²) in [4.78, 5) is 9.43. The molecule has 0 unspecified atom stereocenters. The summed E-state index contributed by atoms with van der Waals surface area (Å²) in [5.74, 6) is -2.89. The second-order valence-corrected chi connectivity index (χ2v) is 2.78. The number of nitro benzene ring substituents is 1. The minimum absolute atomic E-state index is 0.557. The Bertz CT molecular complexity index is 411. The Morgan fingerprint density at radius 2 is 2.00 bits per heavy atom. The van der Waals surface area contributed by atoms with Gasteiger partial charge in [-0.3, -0.25) is 10.1 Å². The maximum atomic E-state index is 13.1. The summed E-state index contributed by atoms with van der Waals surface area (Å²) in [6, 6.07) is 1.26. The maximum Gasteiger partial charge on any atom is 0.295 e. The van der Waals surface area contributed by atoms with Gasteiger partial charge in [0.05, 0.1) is 11.5 Å². The van der Waals surface area contributed by atoms with Gasteiger partial charge in [0, 0.05) is 6.07 Å². The Hall–Kier alpha value is -1.86. The van der Waals surface area contributed by atoms with E-state index in [2.05, 4.69) is 0 Å². The van der Waals surface area contributed by atoms with Crippen molar-refractivity contribution in [2.75, 3.05) is 11.9 Å². The molecule has 8 heteroatoms. The van der Waals surface area contributed by atoms with Crippen LogP contribution in [0.2, 0.25) is 0 Å². The molecule has 1 aromatic rings. The summed E-state index contributed by atoms with van der Waals surface area (Å²) in [5.41, 5.74) is -1.66. The molecule has 0 heterocycles. The highest BCUT2D eigenvalue weighted by Crippen LogP contribution is 2.29. The van der Waals surface area contributed by atoms with E-state index in [1.165, 1.54) is 0 Å². The van der Waals surface area contributed by atoms with Gasteiger partial charge in [0.2, 0.25) is 0 Å². The third kappa shape index (κ3) is 2.59. The van der Waals surface area contributed by atoms with Crippen LogP contribution in [0, 0.1) is 21.7 Å². The average Bonchev–Trinajstić information content (AvgIpc) is 2.19. The van der Waals surface area contributed by atoms with Gasteiger partial charge in [-0.25, -0.2) is 17.6 Å². The molecule has 0 aliphatic rings. The van der Waals surface area contributed by atoms with E-state index >= 15 is 0 Å². The fraction of sp³-hybridized carbons (Fsp3) is 0.250. The molecule has 1 N–H and O–H groups in total. The molecule has 0 aliphatic carbocycles. The number of nitrogens with zero attached hydrogens (tertiary/aromatic N) is 1. The van der Waals surface area contributed by atoms with Crippen LogP contribution in [0.5, 0.6) is 0 Å². The summed E-state index contributed by atoms with van der Waals surface area (Å²) in [5, 5.41) is 12.2. The van der Waals surface area contributed by atoms with E-state index in [1.807, 2.05) is 0 Å². The molecule has 4 nitrogen and oxygen atoms in total. The molecule has 0 spiro atoms. The van der Waals surface area contributed by atoms with Crippen LogP contribution in [-0.2, 0) is 0 Å². The van der Waals surface area contributed by atoms with Crippen molar-refractivity contribution in [2.24, 2.45) is 0 Å². The monoisotopic (exact) mass is 238 g/mol. The predicted octanol–water partition coefficient (Wildman–Crippen LogP) is 2.55. The van der Waals surface area contributed by atoms with Crippen molar-refractivity contribution < 1.29 is 22.5 Å². The minimum Gasteiger partial charge on any atom is -0.371 e. The standard InChI is InChI=1S/C8H6F4N2O2/c9-4-1-2-5(14(15)16)8(7(4)12)13-3-6(10)11/h1-2,6,13H,3H2. The number of benzene rings is 1. The maximum absolute atomic E-state index is 13.1. The number of anilines is 1. The van der Waals surface area contributed by atoms with E-state index in [4.69, 9.17) is 0 Å². The van der Waals surface area contributed by atoms with Crippen molar-refractivity contribution in [1.29, 1.82) is 0 Å². The van der Waals surface area contributed by atoms with Crippen LogP contribution in [-0.4, -0.2) is 17.9 Å². The van der Waals surface area contributed by atoms with Crippen LogP contribution in [0.25, 0.3) is 0 Å². The Kier molecular flexibility index (Phi) is 3.64. The van der Waals surface area contributed by atoms with Crippen molar-refractivity contribution >= 4 is 11.4 Å². The molecule has 0 aliphatic heterocycles. The molecule has 16 heavy (non-hydrogen) atoms. The van der Waals surface area contributed by atoms with Crippen molar-refractivity contribution in [3.05, 3.63) is 33.9 Å². The summed E-state index contributed by atoms with van der Waals surface area (Å²) in [7, 11) is 0. The second-order valence-electron chi connectivity index (χ2n) is 2.78. The molecule has 0 saturated heterocycles. The summed E-state index contributed by atoms with van der Waals surface area (Å²) in [6.07, 6.45) is -2.83. The highest BCUT2D eigenvalue weighted by Gasteiger charge is 2.22. The number of nitrogens with one attached hydrogen (secondary N) is 1. The molecule has 0 bridgehead atoms. The first-order valence-electron chi connectivity index (χ1n) is 4.08. The number of alkyl halides is 2. The Morgan fingerprint density at radius 1 is 1.38 bits per heavy atom. The second kappa shape index (κ2) is 4.77. The van der Waals surface area contributed by atoms with Gasteiger partial charge in [-0.15, -0.1) is 0 Å². The molecule has 1 rings (SSSR count). The first-order valence-corrected chi connectivity index (χ1v) is 4.08. The van der Waals surface area contributed by atoms with Crippen LogP contribution in [0.3, 0.4) is 0 Å². The predicted molar refractivity (Wildman–Crippen MR) is 47.5 cm³/mol. The topological polar surface area (TPSA) is 55.2 Å². The highest BCUT2D eigenvalue weighted by atomic mass is 19.3. The third-order valence-corrected chi connectivity index (χ3v) is 1.70. The molecule has 0 atom stereocenters. The molecule has 0 saturated carbocycles. The Labute approximate surface area is 87.0 Å². The zero-order valence-corrected chi connectivity index (χ0v) is 7.71. The molecular weight excluding hydrogens is 232 g/mol. The van der Waals surface area contributed by atoms with Gasteiger partial charge in [0.15, 0.2) is 17.3 Å². The Morgan fingerprint density at radius 3 is 2.50 bits per heavy atom. The molecule has 88 valence electrons. The van der Waals surface area contributed by atoms with E-state index < -0.39 is 40.9 Å². The lowest BCUT2D eigenvalue weighted by molar-refractivity contribution is -0.384. The van der Waals surface area contributed by atoms with E-state index in [-0.39, 0.29) is 0 Å². The van der Waals surface area contributed by atoms with Gasteiger partial charge in [-0.2, -0.15) is 0 Å².